The third kappa shape index (κ3) is 2.57. The van der Waals surface area contributed by atoms with E-state index < -0.39 is 0 Å². The molecule has 0 aliphatic carbocycles. The van der Waals surface area contributed by atoms with Gasteiger partial charge in [-0.1, -0.05) is 12.1 Å². The van der Waals surface area contributed by atoms with E-state index in [1.807, 2.05) is 71.4 Å². The molecule has 1 amide bonds. The summed E-state index contributed by atoms with van der Waals surface area (Å²) in [6.45, 7) is 1.60. The minimum atomic E-state index is 0.106. The molecule has 1 saturated heterocycles. The average molecular weight is 320 g/mol. The van der Waals surface area contributed by atoms with Gasteiger partial charge in [0.1, 0.15) is 6.33 Å². The molecular weight excluding hydrogens is 300 g/mol. The smallest absolute Gasteiger partial charge is 0.253 e. The van der Waals surface area contributed by atoms with E-state index in [0.29, 0.717) is 6.04 Å². The van der Waals surface area contributed by atoms with E-state index in [4.69, 9.17) is 0 Å². The summed E-state index contributed by atoms with van der Waals surface area (Å²) in [5, 5.41) is 3.24. The van der Waals surface area contributed by atoms with Crippen molar-refractivity contribution in [1.82, 2.24) is 19.8 Å². The number of nitrogens with zero attached hydrogens (tertiary/aromatic N) is 3. The molecule has 1 aromatic heterocycles. The highest BCUT2D eigenvalue weighted by Gasteiger charge is 2.25. The number of carbonyl (C=O) groups is 1. The Bertz CT molecular complexity index is 868. The summed E-state index contributed by atoms with van der Waals surface area (Å²) in [5.74, 6) is 0.106. The van der Waals surface area contributed by atoms with Crippen molar-refractivity contribution in [3.8, 4) is 5.69 Å². The molecule has 3 aromatic rings. The molecule has 1 N–H and O–H groups in total. The van der Waals surface area contributed by atoms with E-state index in [0.717, 1.165) is 41.8 Å². The molecule has 5 heteroatoms. The van der Waals surface area contributed by atoms with Crippen LogP contribution >= 0.6 is 0 Å². The summed E-state index contributed by atoms with van der Waals surface area (Å²) in [6.07, 6.45) is 2.83. The quantitative estimate of drug-likeness (QED) is 0.806. The van der Waals surface area contributed by atoms with Gasteiger partial charge in [-0.3, -0.25) is 9.36 Å². The van der Waals surface area contributed by atoms with Crippen LogP contribution in [0.15, 0.2) is 54.9 Å². The van der Waals surface area contributed by atoms with Gasteiger partial charge in [-0.15, -0.1) is 0 Å². The first-order valence-corrected chi connectivity index (χ1v) is 8.25. The predicted octanol–water partition coefficient (Wildman–Crippen LogP) is 2.46. The van der Waals surface area contributed by atoms with E-state index in [1.54, 1.807) is 0 Å². The highest BCUT2D eigenvalue weighted by atomic mass is 16.2. The Balaban J connectivity index is 1.58. The van der Waals surface area contributed by atoms with Crippen LogP contribution in [0.3, 0.4) is 0 Å². The lowest BCUT2D eigenvalue weighted by atomic mass is 10.1. The number of benzene rings is 2. The van der Waals surface area contributed by atoms with Crippen molar-refractivity contribution < 1.29 is 4.79 Å². The molecule has 1 fully saturated rings. The van der Waals surface area contributed by atoms with Crippen LogP contribution in [-0.4, -0.2) is 46.5 Å². The number of hydrogen-bond acceptors (Lipinski definition) is 3. The molecule has 0 radical (unpaired) electrons. The van der Waals surface area contributed by atoms with Gasteiger partial charge in [0, 0.05) is 30.4 Å². The molecule has 2 heterocycles. The third-order valence-electron chi connectivity index (χ3n) is 4.73. The number of likely N-dealkylation sites (tertiary alicyclic amines) is 1. The molecular formula is C19H20N4O. The molecule has 5 nitrogen and oxygen atoms in total. The molecule has 1 aliphatic heterocycles. The molecule has 1 atom stereocenters. The second-order valence-corrected chi connectivity index (χ2v) is 6.18. The number of aromatic nitrogens is 2. The summed E-state index contributed by atoms with van der Waals surface area (Å²) in [5.41, 5.74) is 3.77. The van der Waals surface area contributed by atoms with Gasteiger partial charge in [-0.25, -0.2) is 4.98 Å². The van der Waals surface area contributed by atoms with Crippen molar-refractivity contribution in [1.29, 1.82) is 0 Å². The summed E-state index contributed by atoms with van der Waals surface area (Å²) in [6, 6.07) is 16.2. The second-order valence-electron chi connectivity index (χ2n) is 6.18. The molecule has 4 rings (SSSR count). The van der Waals surface area contributed by atoms with E-state index >= 15 is 0 Å². The number of nitrogens with one attached hydrogen (secondary N) is 1. The van der Waals surface area contributed by atoms with Gasteiger partial charge in [0.05, 0.1) is 11.0 Å². The first kappa shape index (κ1) is 14.9. The van der Waals surface area contributed by atoms with Crippen LogP contribution in [0.25, 0.3) is 16.7 Å². The lowest BCUT2D eigenvalue weighted by Gasteiger charge is -2.16. The van der Waals surface area contributed by atoms with E-state index in [9.17, 15) is 4.79 Å². The van der Waals surface area contributed by atoms with Crippen molar-refractivity contribution >= 4 is 16.9 Å². The number of rotatable bonds is 3. The Labute approximate surface area is 140 Å². The fraction of sp³-hybridized carbons (Fsp3) is 0.263. The Morgan fingerprint density at radius 3 is 2.71 bits per heavy atom. The van der Waals surface area contributed by atoms with Crippen LogP contribution in [0.4, 0.5) is 0 Å². The number of imidazole rings is 1. The highest BCUT2D eigenvalue weighted by molar-refractivity contribution is 5.94. The summed E-state index contributed by atoms with van der Waals surface area (Å²) >= 11 is 0. The van der Waals surface area contributed by atoms with Crippen LogP contribution in [0, 0.1) is 0 Å². The SMILES string of the molecule is CN[C@H]1CCN(C(=O)c2ccc(-n3cnc4ccccc43)cc2)C1. The van der Waals surface area contributed by atoms with Gasteiger partial charge in [0.2, 0.25) is 0 Å². The number of para-hydroxylation sites is 2. The zero-order valence-electron chi connectivity index (χ0n) is 13.6. The van der Waals surface area contributed by atoms with Crippen LogP contribution in [-0.2, 0) is 0 Å². The molecule has 1 aliphatic rings. The van der Waals surface area contributed by atoms with Crippen LogP contribution < -0.4 is 5.32 Å². The van der Waals surface area contributed by atoms with E-state index in [1.165, 1.54) is 0 Å². The maximum atomic E-state index is 12.6. The van der Waals surface area contributed by atoms with Crippen molar-refractivity contribution in [3.63, 3.8) is 0 Å². The highest BCUT2D eigenvalue weighted by Crippen LogP contribution is 2.19. The first-order valence-electron chi connectivity index (χ1n) is 8.25. The summed E-state index contributed by atoms with van der Waals surface area (Å²) in [7, 11) is 1.95. The van der Waals surface area contributed by atoms with Gasteiger partial charge in [0.15, 0.2) is 0 Å². The lowest BCUT2D eigenvalue weighted by Crippen LogP contribution is -2.33. The van der Waals surface area contributed by atoms with Gasteiger partial charge in [-0.2, -0.15) is 0 Å². The molecule has 0 saturated carbocycles. The molecule has 0 spiro atoms. The molecule has 122 valence electrons. The van der Waals surface area contributed by atoms with E-state index in [2.05, 4.69) is 10.3 Å². The second kappa shape index (κ2) is 6.09. The topological polar surface area (TPSA) is 50.2 Å². The first-order chi connectivity index (χ1) is 11.8. The van der Waals surface area contributed by atoms with Crippen molar-refractivity contribution in [2.24, 2.45) is 0 Å². The van der Waals surface area contributed by atoms with Crippen molar-refractivity contribution in [2.45, 2.75) is 12.5 Å². The largest absolute Gasteiger partial charge is 0.337 e. The Hall–Kier alpha value is -2.66. The predicted molar refractivity (Wildman–Crippen MR) is 94.4 cm³/mol. The summed E-state index contributed by atoms with van der Waals surface area (Å²) < 4.78 is 2.04. The van der Waals surface area contributed by atoms with Crippen molar-refractivity contribution in [3.05, 3.63) is 60.4 Å². The number of carbonyl (C=O) groups excluding carboxylic acids is 1. The zero-order chi connectivity index (χ0) is 16.5. The number of fused-ring (bicyclic) bond motifs is 1. The van der Waals surface area contributed by atoms with Gasteiger partial charge >= 0.3 is 0 Å². The van der Waals surface area contributed by atoms with Crippen LogP contribution in [0.1, 0.15) is 16.8 Å². The monoisotopic (exact) mass is 320 g/mol. The molecule has 0 bridgehead atoms. The normalized spacial score (nSPS) is 17.5. The fourth-order valence-electron chi connectivity index (χ4n) is 3.29. The minimum Gasteiger partial charge on any atom is -0.337 e. The van der Waals surface area contributed by atoms with E-state index in [-0.39, 0.29) is 5.91 Å². The molecule has 0 unspecified atom stereocenters. The fourth-order valence-corrected chi connectivity index (χ4v) is 3.29. The number of hydrogen-bond donors (Lipinski definition) is 1. The Morgan fingerprint density at radius 1 is 1.17 bits per heavy atom. The lowest BCUT2D eigenvalue weighted by molar-refractivity contribution is 0.0789. The van der Waals surface area contributed by atoms with Gasteiger partial charge in [-0.05, 0) is 49.9 Å². The zero-order valence-corrected chi connectivity index (χ0v) is 13.6. The molecule has 24 heavy (non-hydrogen) atoms. The minimum absolute atomic E-state index is 0.106. The maximum Gasteiger partial charge on any atom is 0.253 e. The van der Waals surface area contributed by atoms with Crippen LogP contribution in [0.5, 0.6) is 0 Å². The van der Waals surface area contributed by atoms with Crippen molar-refractivity contribution in [2.75, 3.05) is 20.1 Å². The van der Waals surface area contributed by atoms with Crippen LogP contribution in [0.2, 0.25) is 0 Å². The molecule has 2 aromatic carbocycles. The Kier molecular flexibility index (Phi) is 3.78. The third-order valence-corrected chi connectivity index (χ3v) is 4.73. The van der Waals surface area contributed by atoms with Gasteiger partial charge < -0.3 is 10.2 Å². The maximum absolute atomic E-state index is 12.6. The van der Waals surface area contributed by atoms with Gasteiger partial charge in [0.25, 0.3) is 5.91 Å². The Morgan fingerprint density at radius 2 is 1.96 bits per heavy atom. The average Bonchev–Trinajstić information content (AvgIpc) is 3.28. The standard InChI is InChI=1S/C19H20N4O/c1-20-15-10-11-22(12-15)19(24)14-6-8-16(9-7-14)23-13-21-17-4-2-3-5-18(17)23/h2-9,13,15,20H,10-12H2,1H3/t15-/m0/s1. The number of likely N-dealkylation sites (N-methyl/N-ethyl adjacent to an activating group) is 1. The number of amides is 1. The summed E-state index contributed by atoms with van der Waals surface area (Å²) in [4.78, 5) is 18.9.